The number of imidazole rings is 1. The van der Waals surface area contributed by atoms with Gasteiger partial charge in [-0.25, -0.2) is 4.98 Å². The smallest absolute Gasteiger partial charge is 0.0946 e. The van der Waals surface area contributed by atoms with Crippen molar-refractivity contribution in [2.75, 3.05) is 0 Å². The van der Waals surface area contributed by atoms with Gasteiger partial charge in [0, 0.05) is 23.8 Å². The van der Waals surface area contributed by atoms with Crippen LogP contribution >= 0.6 is 46.6 Å². The maximum Gasteiger partial charge on any atom is 0.0946 e. The van der Waals surface area contributed by atoms with E-state index >= 15 is 0 Å². The SMILES string of the molecule is Clc1cc(SC(Cn2ccnc2)c2cccc3ccccc23)cc(Cl)c1Cl. The lowest BCUT2D eigenvalue weighted by Gasteiger charge is -2.20. The normalized spacial score (nSPS) is 12.4. The van der Waals surface area contributed by atoms with E-state index in [0.717, 1.165) is 11.4 Å². The fourth-order valence-corrected chi connectivity index (χ4v) is 5.09. The third-order valence-electron chi connectivity index (χ3n) is 4.34. The van der Waals surface area contributed by atoms with Crippen LogP contribution in [-0.4, -0.2) is 9.55 Å². The summed E-state index contributed by atoms with van der Waals surface area (Å²) in [4.78, 5) is 5.15. The Balaban J connectivity index is 1.77. The van der Waals surface area contributed by atoms with E-state index in [1.807, 2.05) is 24.7 Å². The number of thioether (sulfide) groups is 1. The summed E-state index contributed by atoms with van der Waals surface area (Å²) in [5.74, 6) is 0. The van der Waals surface area contributed by atoms with Gasteiger partial charge in [0.15, 0.2) is 0 Å². The van der Waals surface area contributed by atoms with E-state index in [2.05, 4.69) is 52.0 Å². The Morgan fingerprint density at radius 3 is 2.44 bits per heavy atom. The van der Waals surface area contributed by atoms with Gasteiger partial charge in [0.05, 0.1) is 26.6 Å². The molecule has 1 heterocycles. The van der Waals surface area contributed by atoms with Crippen LogP contribution in [0.3, 0.4) is 0 Å². The highest BCUT2D eigenvalue weighted by molar-refractivity contribution is 7.99. The summed E-state index contributed by atoms with van der Waals surface area (Å²) < 4.78 is 2.08. The van der Waals surface area contributed by atoms with Crippen LogP contribution in [-0.2, 0) is 6.54 Å². The summed E-state index contributed by atoms with van der Waals surface area (Å²) in [7, 11) is 0. The van der Waals surface area contributed by atoms with E-state index in [-0.39, 0.29) is 5.25 Å². The van der Waals surface area contributed by atoms with Crippen LogP contribution in [0.25, 0.3) is 10.8 Å². The molecule has 0 spiro atoms. The molecule has 0 N–H and O–H groups in total. The molecule has 0 saturated carbocycles. The van der Waals surface area contributed by atoms with Crippen LogP contribution in [0.4, 0.5) is 0 Å². The Hall–Kier alpha value is -1.65. The fraction of sp³-hybridized carbons (Fsp3) is 0.0952. The van der Waals surface area contributed by atoms with E-state index < -0.39 is 0 Å². The Kier molecular flexibility index (Phi) is 5.65. The van der Waals surface area contributed by atoms with Crippen molar-refractivity contribution in [3.63, 3.8) is 0 Å². The quantitative estimate of drug-likeness (QED) is 0.239. The van der Waals surface area contributed by atoms with Gasteiger partial charge in [-0.1, -0.05) is 77.3 Å². The summed E-state index contributed by atoms with van der Waals surface area (Å²) in [5, 5.41) is 3.93. The van der Waals surface area contributed by atoms with Gasteiger partial charge in [0.25, 0.3) is 0 Å². The van der Waals surface area contributed by atoms with Crippen molar-refractivity contribution >= 4 is 57.3 Å². The van der Waals surface area contributed by atoms with Gasteiger partial charge in [-0.15, -0.1) is 11.8 Å². The molecule has 3 aromatic carbocycles. The van der Waals surface area contributed by atoms with Gasteiger partial charge in [-0.2, -0.15) is 0 Å². The predicted octanol–water partition coefficient (Wildman–Crippen LogP) is 7.53. The van der Waals surface area contributed by atoms with E-state index in [1.165, 1.54) is 16.3 Å². The molecule has 1 aromatic heterocycles. The van der Waals surface area contributed by atoms with Crippen molar-refractivity contribution in [1.29, 1.82) is 0 Å². The molecular formula is C21H15Cl3N2S. The third-order valence-corrected chi connectivity index (χ3v) is 6.73. The molecule has 1 atom stereocenters. The summed E-state index contributed by atoms with van der Waals surface area (Å²) >= 11 is 20.3. The summed E-state index contributed by atoms with van der Waals surface area (Å²) in [6.45, 7) is 0.774. The maximum absolute atomic E-state index is 6.24. The molecule has 1 unspecified atom stereocenters. The highest BCUT2D eigenvalue weighted by Crippen LogP contribution is 2.43. The van der Waals surface area contributed by atoms with Crippen molar-refractivity contribution in [2.45, 2.75) is 16.7 Å². The van der Waals surface area contributed by atoms with Crippen molar-refractivity contribution in [3.05, 3.63) is 93.9 Å². The third kappa shape index (κ3) is 4.12. The van der Waals surface area contributed by atoms with Crippen LogP contribution in [0.15, 0.2) is 78.2 Å². The molecular weight excluding hydrogens is 419 g/mol. The molecule has 136 valence electrons. The van der Waals surface area contributed by atoms with Crippen LogP contribution in [0, 0.1) is 0 Å². The first-order valence-corrected chi connectivity index (χ1v) is 10.4. The Bertz CT molecular complexity index is 1050. The predicted molar refractivity (Wildman–Crippen MR) is 116 cm³/mol. The van der Waals surface area contributed by atoms with Gasteiger partial charge in [-0.05, 0) is 28.5 Å². The minimum Gasteiger partial charge on any atom is -0.336 e. The van der Waals surface area contributed by atoms with Crippen molar-refractivity contribution in [1.82, 2.24) is 9.55 Å². The number of nitrogens with zero attached hydrogens (tertiary/aromatic N) is 2. The molecule has 0 bridgehead atoms. The number of benzene rings is 3. The zero-order chi connectivity index (χ0) is 18.8. The van der Waals surface area contributed by atoms with Crippen molar-refractivity contribution < 1.29 is 0 Å². The highest BCUT2D eigenvalue weighted by atomic mass is 35.5. The number of halogens is 3. The first-order chi connectivity index (χ1) is 13.1. The summed E-state index contributed by atoms with van der Waals surface area (Å²) in [6.07, 6.45) is 5.60. The molecule has 2 nitrogen and oxygen atoms in total. The minimum atomic E-state index is 0.151. The average Bonchev–Trinajstić information content (AvgIpc) is 3.18. The molecule has 4 aromatic rings. The fourth-order valence-electron chi connectivity index (χ4n) is 3.08. The second-order valence-corrected chi connectivity index (χ2v) is 8.60. The van der Waals surface area contributed by atoms with Gasteiger partial charge >= 0.3 is 0 Å². The zero-order valence-electron chi connectivity index (χ0n) is 14.1. The lowest BCUT2D eigenvalue weighted by atomic mass is 10.0. The molecule has 0 fully saturated rings. The summed E-state index contributed by atoms with van der Waals surface area (Å²) in [5.41, 5.74) is 1.26. The van der Waals surface area contributed by atoms with E-state index in [9.17, 15) is 0 Å². The lowest BCUT2D eigenvalue weighted by Crippen LogP contribution is -2.05. The number of aromatic nitrogens is 2. The minimum absolute atomic E-state index is 0.151. The monoisotopic (exact) mass is 432 g/mol. The van der Waals surface area contributed by atoms with E-state index in [1.54, 1.807) is 18.0 Å². The average molecular weight is 434 g/mol. The molecule has 0 amide bonds. The van der Waals surface area contributed by atoms with Crippen LogP contribution in [0.1, 0.15) is 10.8 Å². The van der Waals surface area contributed by atoms with Crippen LogP contribution < -0.4 is 0 Å². The van der Waals surface area contributed by atoms with Crippen molar-refractivity contribution in [3.8, 4) is 0 Å². The van der Waals surface area contributed by atoms with Crippen LogP contribution in [0.2, 0.25) is 15.1 Å². The summed E-state index contributed by atoms with van der Waals surface area (Å²) in [6, 6.07) is 18.6. The van der Waals surface area contributed by atoms with Crippen LogP contribution in [0.5, 0.6) is 0 Å². The van der Waals surface area contributed by atoms with Crippen molar-refractivity contribution in [2.24, 2.45) is 0 Å². The number of rotatable bonds is 5. The molecule has 0 radical (unpaired) electrons. The second-order valence-electron chi connectivity index (χ2n) is 6.14. The first-order valence-electron chi connectivity index (χ1n) is 8.36. The Labute approximate surface area is 177 Å². The lowest BCUT2D eigenvalue weighted by molar-refractivity contribution is 0.686. The first kappa shape index (κ1) is 18.7. The van der Waals surface area contributed by atoms with E-state index in [4.69, 9.17) is 34.8 Å². The molecule has 0 aliphatic carbocycles. The Morgan fingerprint density at radius 2 is 1.70 bits per heavy atom. The Morgan fingerprint density at radius 1 is 0.963 bits per heavy atom. The van der Waals surface area contributed by atoms with Gasteiger partial charge in [0.1, 0.15) is 0 Å². The number of hydrogen-bond donors (Lipinski definition) is 0. The molecule has 4 rings (SSSR count). The molecule has 6 heteroatoms. The topological polar surface area (TPSA) is 17.8 Å². The van der Waals surface area contributed by atoms with Gasteiger partial charge < -0.3 is 4.57 Å². The highest BCUT2D eigenvalue weighted by Gasteiger charge is 2.18. The number of fused-ring (bicyclic) bond motifs is 1. The second kappa shape index (κ2) is 8.15. The standard InChI is InChI=1S/C21H15Cl3N2S/c22-18-10-15(11-19(23)21(18)24)27-20(12-26-9-8-25-13-26)17-7-3-5-14-4-1-2-6-16(14)17/h1-11,13,20H,12H2. The van der Waals surface area contributed by atoms with Gasteiger partial charge in [0.2, 0.25) is 0 Å². The van der Waals surface area contributed by atoms with Gasteiger partial charge in [-0.3, -0.25) is 0 Å². The molecule has 0 aliphatic heterocycles. The van der Waals surface area contributed by atoms with E-state index in [0.29, 0.717) is 15.1 Å². The maximum atomic E-state index is 6.24. The largest absolute Gasteiger partial charge is 0.336 e. The molecule has 0 saturated heterocycles. The molecule has 27 heavy (non-hydrogen) atoms. The number of hydrogen-bond acceptors (Lipinski definition) is 2. The molecule has 0 aliphatic rings. The zero-order valence-corrected chi connectivity index (χ0v) is 17.2.